The zero-order chi connectivity index (χ0) is 25.5. The molecule has 0 bridgehead atoms. The summed E-state index contributed by atoms with van der Waals surface area (Å²) in [4.78, 5) is 41.5. The summed E-state index contributed by atoms with van der Waals surface area (Å²) in [5.41, 5.74) is 0. The van der Waals surface area contributed by atoms with Gasteiger partial charge in [0.05, 0.1) is 6.61 Å². The standard InChI is InChI=1S/C25H33O8P/c1-3-5-7-9-11-12-14-16-18-20-25(27)33-23(22-32-34(28,29)30)21-31-24(26)19-17-15-13-10-8-6-4-2/h23H,3,5,7,9,11-12,14,16,18,20-22H2,1-2H3,(H2,28,29,30)/t23-/m0/s1. The largest absolute Gasteiger partial charge is 0.469 e. The summed E-state index contributed by atoms with van der Waals surface area (Å²) >= 11 is 0. The van der Waals surface area contributed by atoms with E-state index in [1.54, 1.807) is 6.92 Å². The minimum absolute atomic E-state index is 0.148. The van der Waals surface area contributed by atoms with E-state index in [9.17, 15) is 14.2 Å². The van der Waals surface area contributed by atoms with Crippen molar-refractivity contribution in [3.05, 3.63) is 0 Å². The van der Waals surface area contributed by atoms with Crippen molar-refractivity contribution in [2.45, 2.75) is 84.2 Å². The first-order chi connectivity index (χ1) is 16.3. The lowest BCUT2D eigenvalue weighted by molar-refractivity contribution is -0.158. The Balaban J connectivity index is 4.44. The molecule has 0 rings (SSSR count). The van der Waals surface area contributed by atoms with E-state index in [1.165, 1.54) is 32.1 Å². The van der Waals surface area contributed by atoms with E-state index in [0.29, 0.717) is 6.42 Å². The van der Waals surface area contributed by atoms with E-state index < -0.39 is 39.1 Å². The van der Waals surface area contributed by atoms with Gasteiger partial charge in [0.15, 0.2) is 6.10 Å². The van der Waals surface area contributed by atoms with Gasteiger partial charge in [-0.2, -0.15) is 0 Å². The Bertz CT molecular complexity index is 906. The van der Waals surface area contributed by atoms with Crippen LogP contribution < -0.4 is 0 Å². The topological polar surface area (TPSA) is 119 Å². The van der Waals surface area contributed by atoms with Crippen LogP contribution in [0.15, 0.2) is 0 Å². The fraction of sp³-hybridized carbons (Fsp3) is 0.600. The second-order valence-corrected chi connectivity index (χ2v) is 8.44. The molecule has 1 atom stereocenters. The van der Waals surface area contributed by atoms with Crippen molar-refractivity contribution in [3.8, 4) is 47.4 Å². The van der Waals surface area contributed by atoms with Crippen LogP contribution in [-0.4, -0.2) is 41.0 Å². The van der Waals surface area contributed by atoms with Crippen molar-refractivity contribution < 1.29 is 37.9 Å². The lowest BCUT2D eigenvalue weighted by Crippen LogP contribution is -2.29. The molecule has 0 amide bonds. The Morgan fingerprint density at radius 1 is 0.824 bits per heavy atom. The van der Waals surface area contributed by atoms with Gasteiger partial charge in [0.25, 0.3) is 0 Å². The highest BCUT2D eigenvalue weighted by atomic mass is 31.2. The van der Waals surface area contributed by atoms with Crippen LogP contribution in [0.2, 0.25) is 0 Å². The van der Waals surface area contributed by atoms with Crippen molar-refractivity contribution >= 4 is 19.8 Å². The van der Waals surface area contributed by atoms with Gasteiger partial charge in [-0.3, -0.25) is 9.32 Å². The third-order valence-electron chi connectivity index (χ3n) is 4.21. The van der Waals surface area contributed by atoms with Crippen LogP contribution >= 0.6 is 7.82 Å². The van der Waals surface area contributed by atoms with Gasteiger partial charge in [0.1, 0.15) is 6.61 Å². The second-order valence-electron chi connectivity index (χ2n) is 7.20. The minimum atomic E-state index is -4.79. The van der Waals surface area contributed by atoms with Crippen molar-refractivity contribution in [2.24, 2.45) is 0 Å². The molecule has 0 saturated carbocycles. The van der Waals surface area contributed by atoms with E-state index in [4.69, 9.17) is 19.3 Å². The SMILES string of the molecule is CC#CC#CC#CC#CC(=O)OC[C@@H](COP(=O)(O)O)OC(=O)CCCCCCCCCCC. The number of phosphoric acid groups is 1. The van der Waals surface area contributed by atoms with E-state index in [2.05, 4.69) is 58.8 Å². The Morgan fingerprint density at radius 3 is 1.97 bits per heavy atom. The van der Waals surface area contributed by atoms with Crippen LogP contribution in [0.25, 0.3) is 0 Å². The van der Waals surface area contributed by atoms with Gasteiger partial charge in [-0.1, -0.05) is 64.2 Å². The van der Waals surface area contributed by atoms with Gasteiger partial charge in [0, 0.05) is 12.3 Å². The minimum Gasteiger partial charge on any atom is -0.456 e. The monoisotopic (exact) mass is 492 g/mol. The van der Waals surface area contributed by atoms with Gasteiger partial charge < -0.3 is 19.3 Å². The van der Waals surface area contributed by atoms with Crippen molar-refractivity contribution in [1.29, 1.82) is 0 Å². The molecule has 2 N–H and O–H groups in total. The summed E-state index contributed by atoms with van der Waals surface area (Å²) in [6, 6.07) is 0. The molecule has 34 heavy (non-hydrogen) atoms. The van der Waals surface area contributed by atoms with Crippen LogP contribution in [0.1, 0.15) is 78.1 Å². The van der Waals surface area contributed by atoms with Gasteiger partial charge in [-0.05, 0) is 48.9 Å². The second kappa shape index (κ2) is 20.9. The predicted octanol–water partition coefficient (Wildman–Crippen LogP) is 3.51. The predicted molar refractivity (Wildman–Crippen MR) is 127 cm³/mol. The Hall–Kier alpha value is -2.71. The molecule has 0 heterocycles. The highest BCUT2D eigenvalue weighted by Gasteiger charge is 2.22. The lowest BCUT2D eigenvalue weighted by Gasteiger charge is -2.17. The van der Waals surface area contributed by atoms with Crippen LogP contribution in [0, 0.1) is 47.4 Å². The number of hydrogen-bond acceptors (Lipinski definition) is 6. The zero-order valence-electron chi connectivity index (χ0n) is 19.9. The summed E-state index contributed by atoms with van der Waals surface area (Å²) < 4.78 is 25.4. The summed E-state index contributed by atoms with van der Waals surface area (Å²) in [6.45, 7) is 2.70. The first kappa shape index (κ1) is 31.3. The zero-order valence-corrected chi connectivity index (χ0v) is 20.7. The summed E-state index contributed by atoms with van der Waals surface area (Å²) in [6.07, 6.45) is 8.79. The Morgan fingerprint density at radius 2 is 1.38 bits per heavy atom. The van der Waals surface area contributed by atoms with E-state index in [0.717, 1.165) is 19.3 Å². The molecule has 0 aromatic heterocycles. The number of ether oxygens (including phenoxy) is 2. The first-order valence-electron chi connectivity index (χ1n) is 11.3. The molecule has 8 nitrogen and oxygen atoms in total. The van der Waals surface area contributed by atoms with E-state index >= 15 is 0 Å². The van der Waals surface area contributed by atoms with Gasteiger partial charge in [-0.15, -0.1) is 0 Å². The van der Waals surface area contributed by atoms with Gasteiger partial charge in [0.2, 0.25) is 0 Å². The molecule has 0 unspecified atom stereocenters. The number of unbranched alkanes of at least 4 members (excludes halogenated alkanes) is 8. The Labute approximate surface area is 202 Å². The fourth-order valence-corrected chi connectivity index (χ4v) is 2.96. The molecule has 0 saturated heterocycles. The average Bonchev–Trinajstić information content (AvgIpc) is 2.78. The highest BCUT2D eigenvalue weighted by molar-refractivity contribution is 7.46. The number of esters is 2. The summed E-state index contributed by atoms with van der Waals surface area (Å²) in [5.74, 6) is 17.4. The van der Waals surface area contributed by atoms with Crippen LogP contribution in [0.5, 0.6) is 0 Å². The van der Waals surface area contributed by atoms with Crippen LogP contribution in [0.3, 0.4) is 0 Å². The Kier molecular flexibility index (Phi) is 19.2. The fourth-order valence-electron chi connectivity index (χ4n) is 2.60. The smallest absolute Gasteiger partial charge is 0.456 e. The number of carbonyl (C=O) groups is 2. The first-order valence-corrected chi connectivity index (χ1v) is 12.8. The maximum Gasteiger partial charge on any atom is 0.469 e. The number of rotatable bonds is 16. The maximum absolute atomic E-state index is 12.1. The van der Waals surface area contributed by atoms with Crippen LogP contribution in [-0.2, 0) is 28.2 Å². The molecule has 0 aliphatic heterocycles. The number of carbonyl (C=O) groups excluding carboxylic acids is 2. The van der Waals surface area contributed by atoms with Crippen LogP contribution in [0.4, 0.5) is 0 Å². The third-order valence-corrected chi connectivity index (χ3v) is 4.70. The molecule has 0 spiro atoms. The number of hydrogen-bond donors (Lipinski definition) is 2. The van der Waals surface area contributed by atoms with Gasteiger partial charge in [-0.25, -0.2) is 9.36 Å². The average molecular weight is 493 g/mol. The summed E-state index contributed by atoms with van der Waals surface area (Å²) in [7, 11) is -4.79. The molecule has 0 radical (unpaired) electrons. The molecular formula is C25H33O8P. The quantitative estimate of drug-likeness (QED) is 0.110. The van der Waals surface area contributed by atoms with E-state index in [-0.39, 0.29) is 6.42 Å². The van der Waals surface area contributed by atoms with Crippen molar-refractivity contribution in [2.75, 3.05) is 13.2 Å². The molecule has 0 aromatic carbocycles. The molecule has 0 aliphatic carbocycles. The molecule has 0 fully saturated rings. The molecule has 0 aliphatic rings. The van der Waals surface area contributed by atoms with Crippen molar-refractivity contribution in [3.63, 3.8) is 0 Å². The molecule has 0 aromatic rings. The summed E-state index contributed by atoms with van der Waals surface area (Å²) in [5, 5.41) is 0. The van der Waals surface area contributed by atoms with Crippen molar-refractivity contribution in [1.82, 2.24) is 0 Å². The third kappa shape index (κ3) is 22.5. The number of phosphoric ester groups is 1. The molecule has 9 heteroatoms. The normalized spacial score (nSPS) is 10.6. The van der Waals surface area contributed by atoms with Gasteiger partial charge >= 0.3 is 19.8 Å². The van der Waals surface area contributed by atoms with E-state index in [1.807, 2.05) is 0 Å². The highest BCUT2D eigenvalue weighted by Crippen LogP contribution is 2.35. The lowest BCUT2D eigenvalue weighted by atomic mass is 10.1. The molecular weight excluding hydrogens is 459 g/mol. The molecule has 186 valence electrons. The maximum atomic E-state index is 12.1.